The number of likely N-dealkylation sites (N-methyl/N-ethyl adjacent to an activating group) is 1. The van der Waals surface area contributed by atoms with Crippen molar-refractivity contribution >= 4 is 13.7 Å². The average Bonchev–Trinajstić information content (AvgIpc) is 3.02. The molecule has 0 rings (SSSR count). The van der Waals surface area contributed by atoms with E-state index in [4.69, 9.17) is 9.05 Å². The third kappa shape index (κ3) is 32.7. The van der Waals surface area contributed by atoms with Gasteiger partial charge in [-0.3, -0.25) is 9.36 Å². The number of allylic oxidation sites excluding steroid dienone is 10. The highest BCUT2D eigenvalue weighted by molar-refractivity contribution is 7.45. The zero-order valence-corrected chi connectivity index (χ0v) is 32.1. The third-order valence-electron chi connectivity index (χ3n) is 7.77. The van der Waals surface area contributed by atoms with Crippen molar-refractivity contribution in [3.05, 3.63) is 60.8 Å². The number of unbranched alkanes of at least 4 members (excludes halogenated alkanes) is 9. The smallest absolute Gasteiger partial charge is 0.268 e. The molecule has 2 N–H and O–H groups in total. The highest BCUT2D eigenvalue weighted by Gasteiger charge is 2.24. The number of carbonyl (C=O) groups is 1. The van der Waals surface area contributed by atoms with Gasteiger partial charge in [0.05, 0.1) is 39.9 Å². The van der Waals surface area contributed by atoms with Crippen molar-refractivity contribution in [2.75, 3.05) is 40.9 Å². The van der Waals surface area contributed by atoms with E-state index < -0.39 is 20.0 Å². The number of aliphatic hydroxyl groups is 1. The molecule has 0 fully saturated rings. The number of nitrogens with one attached hydrogen (secondary N) is 1. The minimum absolute atomic E-state index is 0.00358. The van der Waals surface area contributed by atoms with Gasteiger partial charge in [0.25, 0.3) is 7.82 Å². The Morgan fingerprint density at radius 3 is 1.85 bits per heavy atom. The molecule has 3 atom stereocenters. The van der Waals surface area contributed by atoms with Gasteiger partial charge in [0.15, 0.2) is 0 Å². The molecule has 0 radical (unpaired) electrons. The number of rotatable bonds is 32. The van der Waals surface area contributed by atoms with Gasteiger partial charge >= 0.3 is 0 Å². The molecule has 9 heteroatoms. The lowest BCUT2D eigenvalue weighted by Gasteiger charge is -2.30. The van der Waals surface area contributed by atoms with E-state index in [9.17, 15) is 19.4 Å². The van der Waals surface area contributed by atoms with Crippen LogP contribution in [0.25, 0.3) is 0 Å². The van der Waals surface area contributed by atoms with Crippen molar-refractivity contribution in [3.8, 4) is 0 Å². The minimum Gasteiger partial charge on any atom is -0.756 e. The van der Waals surface area contributed by atoms with E-state index in [1.54, 1.807) is 0 Å². The van der Waals surface area contributed by atoms with E-state index in [0.29, 0.717) is 23.9 Å². The molecular weight excluding hydrogens is 623 g/mol. The van der Waals surface area contributed by atoms with Gasteiger partial charge in [-0.05, 0) is 57.8 Å². The summed E-state index contributed by atoms with van der Waals surface area (Å²) in [6, 6.07) is -0.809. The normalized spacial score (nSPS) is 15.4. The van der Waals surface area contributed by atoms with Gasteiger partial charge in [0.1, 0.15) is 13.2 Å². The van der Waals surface area contributed by atoms with E-state index in [-0.39, 0.29) is 19.1 Å². The maximum atomic E-state index is 12.7. The van der Waals surface area contributed by atoms with Crippen LogP contribution in [0, 0.1) is 0 Å². The van der Waals surface area contributed by atoms with Crippen LogP contribution in [-0.2, 0) is 18.4 Å². The summed E-state index contributed by atoms with van der Waals surface area (Å²) in [6.07, 6.45) is 38.3. The molecule has 0 aliphatic rings. The number of carbonyl (C=O) groups excluding carboxylic acids is 1. The maximum absolute atomic E-state index is 12.7. The number of nitrogens with zero attached hydrogens (tertiary/aromatic N) is 1. The summed E-state index contributed by atoms with van der Waals surface area (Å²) < 4.78 is 23.0. The fourth-order valence-electron chi connectivity index (χ4n) is 4.77. The molecular formula is C39H71N2O6P. The zero-order chi connectivity index (χ0) is 35.8. The Morgan fingerprint density at radius 1 is 0.750 bits per heavy atom. The second-order valence-electron chi connectivity index (χ2n) is 13.5. The lowest BCUT2D eigenvalue weighted by atomic mass is 10.0. The van der Waals surface area contributed by atoms with Crippen molar-refractivity contribution in [1.29, 1.82) is 0 Å². The minimum atomic E-state index is -4.55. The number of aliphatic hydroxyl groups excluding tert-OH is 1. The summed E-state index contributed by atoms with van der Waals surface area (Å²) in [6.45, 7) is 4.46. The molecule has 0 bridgehead atoms. The Kier molecular flexibility index (Phi) is 30.0. The van der Waals surface area contributed by atoms with Gasteiger partial charge in [-0.25, -0.2) is 0 Å². The van der Waals surface area contributed by atoms with Crippen LogP contribution >= 0.6 is 7.82 Å². The number of phosphoric acid groups is 1. The predicted molar refractivity (Wildman–Crippen MR) is 201 cm³/mol. The van der Waals surface area contributed by atoms with Crippen LogP contribution in [-0.4, -0.2) is 68.5 Å². The van der Waals surface area contributed by atoms with E-state index >= 15 is 0 Å². The highest BCUT2D eigenvalue weighted by atomic mass is 31.2. The Bertz CT molecular complexity index is 970. The molecule has 48 heavy (non-hydrogen) atoms. The van der Waals surface area contributed by atoms with Crippen LogP contribution in [0.15, 0.2) is 60.8 Å². The van der Waals surface area contributed by atoms with Gasteiger partial charge in [0.2, 0.25) is 5.91 Å². The Balaban J connectivity index is 4.27. The van der Waals surface area contributed by atoms with Gasteiger partial charge in [-0.15, -0.1) is 0 Å². The van der Waals surface area contributed by atoms with Gasteiger partial charge in [-0.2, -0.15) is 0 Å². The average molecular weight is 695 g/mol. The highest BCUT2D eigenvalue weighted by Crippen LogP contribution is 2.38. The van der Waals surface area contributed by atoms with Crippen LogP contribution in [0.3, 0.4) is 0 Å². The summed E-state index contributed by atoms with van der Waals surface area (Å²) in [5, 5.41) is 13.6. The quantitative estimate of drug-likeness (QED) is 0.0315. The first-order valence-electron chi connectivity index (χ1n) is 18.6. The second kappa shape index (κ2) is 31.2. The standard InChI is InChI=1S/C39H71N2O6P/c1-6-8-10-12-13-14-15-16-17-18-19-20-21-22-23-24-25-26-27-29-31-33-39(43)40-37(38(42)32-30-28-11-9-7-2)36-47-48(44,45)46-35-34-41(3,4)5/h8,10,13-14,16-17,19-20,22-23,37-38,42H,6-7,9,11-12,15,18,21,24-36H2,1-5H3,(H-,40,43,44,45)/b10-8-,14-13-,17-16-,20-19-,23-22-. The SMILES string of the molecule is CC/C=C\C/C=C\C/C=C\C/C=C\C/C=C\CCCCCCCC(=O)NC(COP(=O)([O-])OCC[N+](C)(C)C)C(O)CCCCCCC. The van der Waals surface area contributed by atoms with Crippen molar-refractivity contribution in [2.45, 2.75) is 142 Å². The third-order valence-corrected chi connectivity index (χ3v) is 8.73. The first-order valence-corrected chi connectivity index (χ1v) is 20.1. The molecule has 0 heterocycles. The van der Waals surface area contributed by atoms with Gasteiger partial charge < -0.3 is 28.8 Å². The number of hydrogen-bond donors (Lipinski definition) is 2. The van der Waals surface area contributed by atoms with Crippen molar-refractivity contribution in [3.63, 3.8) is 0 Å². The lowest BCUT2D eigenvalue weighted by molar-refractivity contribution is -0.870. The van der Waals surface area contributed by atoms with Crippen molar-refractivity contribution in [1.82, 2.24) is 5.32 Å². The number of quaternary nitrogens is 1. The van der Waals surface area contributed by atoms with E-state index in [1.807, 2.05) is 21.1 Å². The Morgan fingerprint density at radius 2 is 1.27 bits per heavy atom. The first-order chi connectivity index (χ1) is 23.0. The molecule has 8 nitrogen and oxygen atoms in total. The molecule has 3 unspecified atom stereocenters. The molecule has 278 valence electrons. The summed E-state index contributed by atoms with van der Waals surface area (Å²) in [7, 11) is 1.27. The van der Waals surface area contributed by atoms with Crippen LogP contribution in [0.1, 0.15) is 129 Å². The number of hydrogen-bond acceptors (Lipinski definition) is 6. The molecule has 0 aromatic heterocycles. The molecule has 0 spiro atoms. The largest absolute Gasteiger partial charge is 0.756 e. The maximum Gasteiger partial charge on any atom is 0.268 e. The van der Waals surface area contributed by atoms with Crippen LogP contribution in [0.2, 0.25) is 0 Å². The van der Waals surface area contributed by atoms with E-state index in [2.05, 4.69) is 79.9 Å². The molecule has 1 amide bonds. The number of amides is 1. The van der Waals surface area contributed by atoms with Crippen LogP contribution in [0.4, 0.5) is 0 Å². The predicted octanol–water partition coefficient (Wildman–Crippen LogP) is 8.88. The van der Waals surface area contributed by atoms with Crippen LogP contribution in [0.5, 0.6) is 0 Å². The molecule has 0 aliphatic heterocycles. The molecule has 0 aromatic carbocycles. The summed E-state index contributed by atoms with van der Waals surface area (Å²) >= 11 is 0. The monoisotopic (exact) mass is 695 g/mol. The fourth-order valence-corrected chi connectivity index (χ4v) is 5.49. The van der Waals surface area contributed by atoms with Crippen LogP contribution < -0.4 is 10.2 Å². The topological polar surface area (TPSA) is 108 Å². The Hall–Kier alpha value is -1.80. The summed E-state index contributed by atoms with van der Waals surface area (Å²) in [5.41, 5.74) is 0. The summed E-state index contributed by atoms with van der Waals surface area (Å²) in [4.78, 5) is 25.0. The zero-order valence-electron chi connectivity index (χ0n) is 31.2. The Labute approximate surface area is 294 Å². The molecule has 0 aliphatic carbocycles. The van der Waals surface area contributed by atoms with Crippen molar-refractivity contribution in [2.24, 2.45) is 0 Å². The summed E-state index contributed by atoms with van der Waals surface area (Å²) in [5.74, 6) is -0.195. The van der Waals surface area contributed by atoms with Gasteiger partial charge in [-0.1, -0.05) is 126 Å². The van der Waals surface area contributed by atoms with Gasteiger partial charge in [0, 0.05) is 6.42 Å². The lowest BCUT2D eigenvalue weighted by Crippen LogP contribution is -2.46. The fraction of sp³-hybridized carbons (Fsp3) is 0.718. The van der Waals surface area contributed by atoms with E-state index in [1.165, 1.54) is 0 Å². The molecule has 0 aromatic rings. The van der Waals surface area contributed by atoms with Crippen molar-refractivity contribution < 1.29 is 32.9 Å². The number of phosphoric ester groups is 1. The second-order valence-corrected chi connectivity index (χ2v) is 15.0. The first kappa shape index (κ1) is 46.2. The van der Waals surface area contributed by atoms with E-state index in [0.717, 1.165) is 103 Å². The molecule has 0 saturated heterocycles. The molecule has 0 saturated carbocycles.